The largest absolute Gasteiger partial charge is 0.494 e. The highest BCUT2D eigenvalue weighted by molar-refractivity contribution is 5.66. The van der Waals surface area contributed by atoms with Crippen LogP contribution in [0.2, 0.25) is 0 Å². The molecule has 0 radical (unpaired) electrons. The van der Waals surface area contributed by atoms with Crippen molar-refractivity contribution in [3.8, 4) is 5.75 Å². The predicted octanol–water partition coefficient (Wildman–Crippen LogP) is 3.88. The van der Waals surface area contributed by atoms with Crippen LogP contribution < -0.4 is 4.74 Å². The second kappa shape index (κ2) is 11.1. The van der Waals surface area contributed by atoms with Gasteiger partial charge in [-0.05, 0) is 24.1 Å². The highest BCUT2D eigenvalue weighted by Gasteiger charge is 2.22. The zero-order valence-electron chi connectivity index (χ0n) is 15.3. The van der Waals surface area contributed by atoms with Crippen LogP contribution in [0.4, 0.5) is 0 Å². The Morgan fingerprint density at radius 1 is 1.24 bits per heavy atom. The Hall–Kier alpha value is -1.59. The summed E-state index contributed by atoms with van der Waals surface area (Å²) in [6.45, 7) is 5.74. The second-order valence-corrected chi connectivity index (χ2v) is 6.64. The number of aliphatic carboxylic acids is 1. The van der Waals surface area contributed by atoms with Crippen molar-refractivity contribution in [3.63, 3.8) is 0 Å². The van der Waals surface area contributed by atoms with Crippen LogP contribution in [0.3, 0.4) is 0 Å². The van der Waals surface area contributed by atoms with Gasteiger partial charge in [0.2, 0.25) is 0 Å². The van der Waals surface area contributed by atoms with Gasteiger partial charge >= 0.3 is 5.97 Å². The van der Waals surface area contributed by atoms with Crippen LogP contribution in [0, 0.1) is 0 Å². The maximum absolute atomic E-state index is 10.7. The van der Waals surface area contributed by atoms with Crippen LogP contribution in [0.1, 0.15) is 57.1 Å². The van der Waals surface area contributed by atoms with Crippen LogP contribution in [0.15, 0.2) is 24.3 Å². The molecule has 1 aliphatic rings. The van der Waals surface area contributed by atoms with Gasteiger partial charge in [-0.25, -0.2) is 0 Å². The van der Waals surface area contributed by atoms with Crippen LogP contribution in [-0.4, -0.2) is 48.8 Å². The Morgan fingerprint density at radius 3 is 2.72 bits per heavy atom. The minimum absolute atomic E-state index is 0.00522. The van der Waals surface area contributed by atoms with Gasteiger partial charge in [0.1, 0.15) is 5.75 Å². The number of nitrogens with zero attached hydrogens (tertiary/aromatic N) is 1. The monoisotopic (exact) mass is 349 g/mol. The summed E-state index contributed by atoms with van der Waals surface area (Å²) in [6, 6.07) is 8.11. The van der Waals surface area contributed by atoms with E-state index in [0.29, 0.717) is 13.2 Å². The Labute approximate surface area is 150 Å². The summed E-state index contributed by atoms with van der Waals surface area (Å²) in [5.41, 5.74) is 1.12. The van der Waals surface area contributed by atoms with Crippen LogP contribution >= 0.6 is 0 Å². The lowest BCUT2D eigenvalue weighted by Crippen LogP contribution is -2.39. The maximum atomic E-state index is 10.7. The third-order valence-electron chi connectivity index (χ3n) is 4.56. The first kappa shape index (κ1) is 19.7. The molecule has 1 aromatic carbocycles. The number of unbranched alkanes of at least 4 members (excludes halogenated alkanes) is 4. The number of carbonyl (C=O) groups is 1. The standard InChI is InChI=1S/C20H31NO4/c1-2-3-4-5-6-14-24-18-9-7-17(8-10-18)19-16-21(13-15-25-19)12-11-20(22)23/h7-10,19H,2-6,11-16H2,1H3,(H,22,23)/t19-/m1/s1. The van der Waals surface area contributed by atoms with Gasteiger partial charge in [0.05, 0.1) is 25.7 Å². The molecule has 1 heterocycles. The zero-order valence-corrected chi connectivity index (χ0v) is 15.3. The van der Waals surface area contributed by atoms with E-state index in [2.05, 4.69) is 24.0 Å². The highest BCUT2D eigenvalue weighted by Crippen LogP contribution is 2.24. The van der Waals surface area contributed by atoms with Crippen molar-refractivity contribution in [2.75, 3.05) is 32.8 Å². The summed E-state index contributed by atoms with van der Waals surface area (Å²) < 4.78 is 11.6. The average Bonchev–Trinajstić information content (AvgIpc) is 2.64. The highest BCUT2D eigenvalue weighted by atomic mass is 16.5. The molecule has 140 valence electrons. The SMILES string of the molecule is CCCCCCCOc1ccc([C@H]2CN(CCC(=O)O)CCO2)cc1. The van der Waals surface area contributed by atoms with Gasteiger partial charge in [-0.15, -0.1) is 0 Å². The fourth-order valence-electron chi connectivity index (χ4n) is 3.04. The summed E-state index contributed by atoms with van der Waals surface area (Å²) in [6.07, 6.45) is 6.37. The van der Waals surface area contributed by atoms with Gasteiger partial charge in [0.25, 0.3) is 0 Å². The van der Waals surface area contributed by atoms with E-state index < -0.39 is 5.97 Å². The fourth-order valence-corrected chi connectivity index (χ4v) is 3.04. The lowest BCUT2D eigenvalue weighted by Gasteiger charge is -2.32. The van der Waals surface area contributed by atoms with Crippen molar-refractivity contribution < 1.29 is 19.4 Å². The smallest absolute Gasteiger partial charge is 0.304 e. The molecule has 1 fully saturated rings. The Balaban J connectivity index is 1.74. The Morgan fingerprint density at radius 2 is 2.00 bits per heavy atom. The lowest BCUT2D eigenvalue weighted by molar-refractivity contribution is -0.137. The molecule has 1 aliphatic heterocycles. The third-order valence-corrected chi connectivity index (χ3v) is 4.56. The minimum atomic E-state index is -0.751. The van der Waals surface area contributed by atoms with E-state index >= 15 is 0 Å². The minimum Gasteiger partial charge on any atom is -0.494 e. The maximum Gasteiger partial charge on any atom is 0.304 e. The van der Waals surface area contributed by atoms with E-state index in [0.717, 1.165) is 37.4 Å². The number of hydrogen-bond acceptors (Lipinski definition) is 4. The molecule has 5 nitrogen and oxygen atoms in total. The van der Waals surface area contributed by atoms with Gasteiger partial charge in [0.15, 0.2) is 0 Å². The van der Waals surface area contributed by atoms with E-state index in [4.69, 9.17) is 14.6 Å². The molecule has 1 saturated heterocycles. The van der Waals surface area contributed by atoms with Crippen molar-refractivity contribution in [3.05, 3.63) is 29.8 Å². The number of hydrogen-bond donors (Lipinski definition) is 1. The van der Waals surface area contributed by atoms with Gasteiger partial charge in [-0.3, -0.25) is 9.69 Å². The second-order valence-electron chi connectivity index (χ2n) is 6.64. The van der Waals surface area contributed by atoms with Crippen molar-refractivity contribution in [2.24, 2.45) is 0 Å². The van der Waals surface area contributed by atoms with Crippen molar-refractivity contribution >= 4 is 5.97 Å². The molecule has 0 saturated carbocycles. The molecule has 0 bridgehead atoms. The van der Waals surface area contributed by atoms with E-state index in [1.807, 2.05) is 12.1 Å². The molecule has 0 aliphatic carbocycles. The van der Waals surface area contributed by atoms with Gasteiger partial charge in [-0.2, -0.15) is 0 Å². The molecule has 1 atom stereocenters. The molecule has 2 rings (SSSR count). The van der Waals surface area contributed by atoms with E-state index in [1.54, 1.807) is 0 Å². The van der Waals surface area contributed by atoms with E-state index in [-0.39, 0.29) is 12.5 Å². The number of rotatable bonds is 11. The molecule has 25 heavy (non-hydrogen) atoms. The number of carboxylic acid groups (broad SMARTS) is 1. The first-order chi connectivity index (χ1) is 12.2. The third kappa shape index (κ3) is 7.45. The van der Waals surface area contributed by atoms with E-state index in [9.17, 15) is 4.79 Å². The Kier molecular flexibility index (Phi) is 8.77. The Bertz CT molecular complexity index is 503. The zero-order chi connectivity index (χ0) is 17.9. The summed E-state index contributed by atoms with van der Waals surface area (Å²) in [4.78, 5) is 12.9. The summed E-state index contributed by atoms with van der Waals surface area (Å²) in [5, 5.41) is 8.82. The topological polar surface area (TPSA) is 59.0 Å². The van der Waals surface area contributed by atoms with Gasteiger partial charge < -0.3 is 14.6 Å². The number of morpholine rings is 1. The average molecular weight is 349 g/mol. The first-order valence-electron chi connectivity index (χ1n) is 9.47. The molecule has 1 N–H and O–H groups in total. The lowest BCUT2D eigenvalue weighted by atomic mass is 10.1. The molecule has 0 aromatic heterocycles. The number of carboxylic acids is 1. The van der Waals surface area contributed by atoms with Crippen LogP contribution in [-0.2, 0) is 9.53 Å². The van der Waals surface area contributed by atoms with Gasteiger partial charge in [-0.1, -0.05) is 44.7 Å². The van der Waals surface area contributed by atoms with E-state index in [1.165, 1.54) is 25.7 Å². The molecule has 1 aromatic rings. The molecule has 0 spiro atoms. The number of ether oxygens (including phenoxy) is 2. The summed E-state index contributed by atoms with van der Waals surface area (Å²) in [7, 11) is 0. The van der Waals surface area contributed by atoms with Crippen molar-refractivity contribution in [1.29, 1.82) is 0 Å². The molecular formula is C20H31NO4. The normalized spacial score (nSPS) is 18.2. The first-order valence-corrected chi connectivity index (χ1v) is 9.47. The fraction of sp³-hybridized carbons (Fsp3) is 0.650. The van der Waals surface area contributed by atoms with Gasteiger partial charge in [0, 0.05) is 19.6 Å². The molecule has 0 amide bonds. The molecule has 5 heteroatoms. The molecule has 0 unspecified atom stereocenters. The molecular weight excluding hydrogens is 318 g/mol. The van der Waals surface area contributed by atoms with Crippen LogP contribution in [0.5, 0.6) is 5.75 Å². The van der Waals surface area contributed by atoms with Crippen molar-refractivity contribution in [2.45, 2.75) is 51.6 Å². The summed E-state index contributed by atoms with van der Waals surface area (Å²) in [5.74, 6) is 0.150. The summed E-state index contributed by atoms with van der Waals surface area (Å²) >= 11 is 0. The predicted molar refractivity (Wildman–Crippen MR) is 98.1 cm³/mol. The number of benzene rings is 1. The quantitative estimate of drug-likeness (QED) is 0.614. The van der Waals surface area contributed by atoms with Crippen molar-refractivity contribution in [1.82, 2.24) is 4.90 Å². The van der Waals surface area contributed by atoms with Crippen LogP contribution in [0.25, 0.3) is 0 Å².